The van der Waals surface area contributed by atoms with Gasteiger partial charge in [-0.1, -0.05) is 36.4 Å². The van der Waals surface area contributed by atoms with Crippen molar-refractivity contribution in [3.8, 4) is 11.1 Å². The maximum absolute atomic E-state index is 4.14. The lowest BCUT2D eigenvalue weighted by molar-refractivity contribution is 1.20. The summed E-state index contributed by atoms with van der Waals surface area (Å²) >= 11 is 0. The molecule has 0 radical (unpaired) electrons. The first-order valence-corrected chi connectivity index (χ1v) is 5.01. The van der Waals surface area contributed by atoms with Gasteiger partial charge in [0.1, 0.15) is 0 Å². The molecule has 0 amide bonds. The summed E-state index contributed by atoms with van der Waals surface area (Å²) < 4.78 is 0. The summed E-state index contributed by atoms with van der Waals surface area (Å²) in [4.78, 5) is 4.14. The van der Waals surface area contributed by atoms with Crippen molar-refractivity contribution in [2.45, 2.75) is 6.42 Å². The molecule has 0 aliphatic heterocycles. The number of pyridine rings is 1. The van der Waals surface area contributed by atoms with E-state index in [1.807, 2.05) is 42.7 Å². The molecule has 0 saturated carbocycles. The molecule has 74 valence electrons. The maximum atomic E-state index is 4.14. The molecule has 0 unspecified atom stereocenters. The molecule has 0 spiro atoms. The molecule has 2 rings (SSSR count). The molecule has 1 heteroatoms. The van der Waals surface area contributed by atoms with Gasteiger partial charge in [0.25, 0.3) is 0 Å². The van der Waals surface area contributed by atoms with E-state index in [9.17, 15) is 0 Å². The van der Waals surface area contributed by atoms with Crippen molar-refractivity contribution >= 4 is 0 Å². The second-order valence-electron chi connectivity index (χ2n) is 3.39. The van der Waals surface area contributed by atoms with Crippen LogP contribution in [0.3, 0.4) is 0 Å². The second kappa shape index (κ2) is 4.56. The molecule has 2 aromatic rings. The van der Waals surface area contributed by atoms with E-state index in [1.54, 1.807) is 0 Å². The number of aromatic nitrogens is 1. The van der Waals surface area contributed by atoms with Crippen molar-refractivity contribution in [1.82, 2.24) is 4.98 Å². The van der Waals surface area contributed by atoms with Crippen LogP contribution in [0, 0.1) is 0 Å². The van der Waals surface area contributed by atoms with Crippen molar-refractivity contribution in [1.29, 1.82) is 0 Å². The van der Waals surface area contributed by atoms with E-state index in [2.05, 4.69) is 23.7 Å². The Morgan fingerprint density at radius 2 is 1.93 bits per heavy atom. The van der Waals surface area contributed by atoms with E-state index in [4.69, 9.17) is 0 Å². The van der Waals surface area contributed by atoms with Gasteiger partial charge in [-0.05, 0) is 29.2 Å². The zero-order chi connectivity index (χ0) is 10.5. The Morgan fingerprint density at radius 3 is 2.67 bits per heavy atom. The van der Waals surface area contributed by atoms with Gasteiger partial charge >= 0.3 is 0 Å². The minimum atomic E-state index is 0.859. The third-order valence-corrected chi connectivity index (χ3v) is 2.35. The molecule has 1 aromatic heterocycles. The van der Waals surface area contributed by atoms with E-state index in [-0.39, 0.29) is 0 Å². The topological polar surface area (TPSA) is 12.9 Å². The Hall–Kier alpha value is -1.89. The average Bonchev–Trinajstić information content (AvgIpc) is 2.31. The van der Waals surface area contributed by atoms with E-state index < -0.39 is 0 Å². The van der Waals surface area contributed by atoms with E-state index in [0.717, 1.165) is 6.42 Å². The predicted octanol–water partition coefficient (Wildman–Crippen LogP) is 3.48. The minimum absolute atomic E-state index is 0.859. The lowest BCUT2D eigenvalue weighted by Crippen LogP contribution is -1.88. The maximum Gasteiger partial charge on any atom is 0.0309 e. The Morgan fingerprint density at radius 1 is 1.13 bits per heavy atom. The van der Waals surface area contributed by atoms with Gasteiger partial charge < -0.3 is 0 Å². The van der Waals surface area contributed by atoms with Crippen LogP contribution in [0.2, 0.25) is 0 Å². The standard InChI is InChI=1S/C14H13N/c1-2-6-13-11-15-10-9-14(13)12-7-4-3-5-8-12/h2-5,7-11H,1,6H2. The first-order chi connectivity index (χ1) is 7.42. The van der Waals surface area contributed by atoms with Gasteiger partial charge in [-0.15, -0.1) is 6.58 Å². The Bertz CT molecular complexity index is 446. The summed E-state index contributed by atoms with van der Waals surface area (Å²) in [7, 11) is 0. The van der Waals surface area contributed by atoms with E-state index >= 15 is 0 Å². The molecule has 0 fully saturated rings. The highest BCUT2D eigenvalue weighted by Gasteiger charge is 2.02. The van der Waals surface area contributed by atoms with Crippen LogP contribution in [-0.2, 0) is 6.42 Å². The molecule has 1 heterocycles. The molecule has 0 N–H and O–H groups in total. The van der Waals surface area contributed by atoms with Gasteiger partial charge in [0, 0.05) is 12.4 Å². The van der Waals surface area contributed by atoms with Crippen molar-refractivity contribution in [2.75, 3.05) is 0 Å². The van der Waals surface area contributed by atoms with Gasteiger partial charge in [-0.2, -0.15) is 0 Å². The quantitative estimate of drug-likeness (QED) is 0.683. The van der Waals surface area contributed by atoms with E-state index in [1.165, 1.54) is 16.7 Å². The SMILES string of the molecule is C=CCc1cnccc1-c1ccccc1. The van der Waals surface area contributed by atoms with Gasteiger partial charge in [-0.3, -0.25) is 4.98 Å². The zero-order valence-corrected chi connectivity index (χ0v) is 8.56. The monoisotopic (exact) mass is 195 g/mol. The highest BCUT2D eigenvalue weighted by molar-refractivity contribution is 5.66. The summed E-state index contributed by atoms with van der Waals surface area (Å²) in [6, 6.07) is 12.4. The first-order valence-electron chi connectivity index (χ1n) is 5.01. The molecule has 0 atom stereocenters. The molecule has 0 bridgehead atoms. The van der Waals surface area contributed by atoms with E-state index in [0.29, 0.717) is 0 Å². The van der Waals surface area contributed by atoms with Crippen LogP contribution in [0.1, 0.15) is 5.56 Å². The van der Waals surface area contributed by atoms with Crippen molar-refractivity contribution in [3.63, 3.8) is 0 Å². The highest BCUT2D eigenvalue weighted by Crippen LogP contribution is 2.22. The number of hydrogen-bond donors (Lipinski definition) is 0. The van der Waals surface area contributed by atoms with Crippen LogP contribution in [0.4, 0.5) is 0 Å². The van der Waals surface area contributed by atoms with Crippen molar-refractivity contribution < 1.29 is 0 Å². The molecular formula is C14H13N. The lowest BCUT2D eigenvalue weighted by Gasteiger charge is -2.06. The number of benzene rings is 1. The normalized spacial score (nSPS) is 9.87. The number of allylic oxidation sites excluding steroid dienone is 1. The fraction of sp³-hybridized carbons (Fsp3) is 0.0714. The lowest BCUT2D eigenvalue weighted by atomic mass is 10.0. The summed E-state index contributed by atoms with van der Waals surface area (Å²) in [5.41, 5.74) is 3.70. The Labute approximate surface area is 90.1 Å². The van der Waals surface area contributed by atoms with Crippen LogP contribution >= 0.6 is 0 Å². The van der Waals surface area contributed by atoms with Crippen molar-refractivity contribution in [3.05, 3.63) is 67.0 Å². The van der Waals surface area contributed by atoms with Crippen LogP contribution in [0.15, 0.2) is 61.4 Å². The summed E-state index contributed by atoms with van der Waals surface area (Å²) in [5, 5.41) is 0. The summed E-state index contributed by atoms with van der Waals surface area (Å²) in [5.74, 6) is 0. The fourth-order valence-electron chi connectivity index (χ4n) is 1.64. The predicted molar refractivity (Wildman–Crippen MR) is 63.6 cm³/mol. The Balaban J connectivity index is 2.48. The minimum Gasteiger partial charge on any atom is -0.264 e. The smallest absolute Gasteiger partial charge is 0.0309 e. The zero-order valence-electron chi connectivity index (χ0n) is 8.56. The molecular weight excluding hydrogens is 182 g/mol. The molecule has 0 aliphatic rings. The third-order valence-electron chi connectivity index (χ3n) is 2.35. The van der Waals surface area contributed by atoms with Gasteiger partial charge in [-0.25, -0.2) is 0 Å². The molecule has 0 saturated heterocycles. The largest absolute Gasteiger partial charge is 0.264 e. The number of rotatable bonds is 3. The van der Waals surface area contributed by atoms with Gasteiger partial charge in [0.15, 0.2) is 0 Å². The first kappa shape index (κ1) is 9.66. The van der Waals surface area contributed by atoms with Crippen molar-refractivity contribution in [2.24, 2.45) is 0 Å². The summed E-state index contributed by atoms with van der Waals surface area (Å²) in [6.07, 6.45) is 6.50. The van der Waals surface area contributed by atoms with Gasteiger partial charge in [0.2, 0.25) is 0 Å². The number of hydrogen-bond acceptors (Lipinski definition) is 1. The van der Waals surface area contributed by atoms with Crippen LogP contribution in [0.5, 0.6) is 0 Å². The van der Waals surface area contributed by atoms with Crippen LogP contribution < -0.4 is 0 Å². The second-order valence-corrected chi connectivity index (χ2v) is 3.39. The highest BCUT2D eigenvalue weighted by atomic mass is 14.6. The third kappa shape index (κ3) is 2.13. The van der Waals surface area contributed by atoms with Crippen LogP contribution in [0.25, 0.3) is 11.1 Å². The molecule has 1 aromatic carbocycles. The fourth-order valence-corrected chi connectivity index (χ4v) is 1.64. The average molecular weight is 195 g/mol. The molecule has 1 nitrogen and oxygen atoms in total. The number of nitrogens with zero attached hydrogens (tertiary/aromatic N) is 1. The Kier molecular flexibility index (Phi) is 2.93. The summed E-state index contributed by atoms with van der Waals surface area (Å²) in [6.45, 7) is 3.76. The molecule has 15 heavy (non-hydrogen) atoms. The van der Waals surface area contributed by atoms with Crippen LogP contribution in [-0.4, -0.2) is 4.98 Å². The van der Waals surface area contributed by atoms with Gasteiger partial charge in [0.05, 0.1) is 0 Å². The molecule has 0 aliphatic carbocycles.